The van der Waals surface area contributed by atoms with Gasteiger partial charge in [0.05, 0.1) is 0 Å². The molecular weight excluding hydrogens is 254 g/mol. The SMILES string of the molecule is C/C(C(=O)O)=C(\C)C(=O)Nc1cccc(Cl)c1C. The van der Waals surface area contributed by atoms with Gasteiger partial charge in [-0.25, -0.2) is 4.79 Å². The minimum atomic E-state index is -1.11. The van der Waals surface area contributed by atoms with Crippen molar-refractivity contribution in [3.63, 3.8) is 0 Å². The first-order valence-electron chi connectivity index (χ1n) is 5.31. The lowest BCUT2D eigenvalue weighted by Gasteiger charge is -2.10. The Bertz CT molecular complexity index is 535. The molecule has 0 saturated carbocycles. The van der Waals surface area contributed by atoms with Gasteiger partial charge in [-0.15, -0.1) is 0 Å². The maximum Gasteiger partial charge on any atom is 0.331 e. The minimum absolute atomic E-state index is 0.0205. The van der Waals surface area contributed by atoms with Crippen LogP contribution in [0.25, 0.3) is 0 Å². The molecule has 0 radical (unpaired) electrons. The molecule has 1 rings (SSSR count). The van der Waals surface area contributed by atoms with Crippen LogP contribution in [0, 0.1) is 6.92 Å². The van der Waals surface area contributed by atoms with Gasteiger partial charge in [0, 0.05) is 21.9 Å². The first-order valence-corrected chi connectivity index (χ1v) is 5.69. The van der Waals surface area contributed by atoms with Gasteiger partial charge in [0.15, 0.2) is 0 Å². The van der Waals surface area contributed by atoms with Crippen LogP contribution in [0.4, 0.5) is 5.69 Å². The third kappa shape index (κ3) is 3.11. The molecule has 0 aliphatic rings. The number of nitrogens with one attached hydrogen (secondary N) is 1. The Morgan fingerprint density at radius 1 is 1.22 bits per heavy atom. The van der Waals surface area contributed by atoms with E-state index in [0.29, 0.717) is 10.7 Å². The number of rotatable bonds is 3. The van der Waals surface area contributed by atoms with Crippen molar-refractivity contribution in [3.8, 4) is 0 Å². The molecule has 0 unspecified atom stereocenters. The second-order valence-electron chi connectivity index (χ2n) is 3.92. The smallest absolute Gasteiger partial charge is 0.331 e. The summed E-state index contributed by atoms with van der Waals surface area (Å²) in [7, 11) is 0. The highest BCUT2D eigenvalue weighted by atomic mass is 35.5. The number of amides is 1. The van der Waals surface area contributed by atoms with Crippen molar-refractivity contribution in [1.29, 1.82) is 0 Å². The molecule has 0 atom stereocenters. The maximum atomic E-state index is 11.8. The zero-order chi connectivity index (χ0) is 13.9. The fraction of sp³-hybridized carbons (Fsp3) is 0.231. The fourth-order valence-electron chi connectivity index (χ4n) is 1.29. The van der Waals surface area contributed by atoms with Gasteiger partial charge in [0.2, 0.25) is 0 Å². The first kappa shape index (κ1) is 14.3. The van der Waals surface area contributed by atoms with Crippen molar-refractivity contribution in [1.82, 2.24) is 0 Å². The second-order valence-corrected chi connectivity index (χ2v) is 4.33. The van der Waals surface area contributed by atoms with Gasteiger partial charge < -0.3 is 10.4 Å². The Hall–Kier alpha value is -1.81. The van der Waals surface area contributed by atoms with Crippen LogP contribution in [0.3, 0.4) is 0 Å². The van der Waals surface area contributed by atoms with Crippen molar-refractivity contribution in [3.05, 3.63) is 39.9 Å². The molecule has 0 bridgehead atoms. The van der Waals surface area contributed by atoms with E-state index in [1.54, 1.807) is 25.1 Å². The van der Waals surface area contributed by atoms with Crippen molar-refractivity contribution < 1.29 is 14.7 Å². The molecule has 0 spiro atoms. The van der Waals surface area contributed by atoms with E-state index in [2.05, 4.69) is 5.32 Å². The van der Waals surface area contributed by atoms with E-state index in [4.69, 9.17) is 16.7 Å². The molecule has 4 nitrogen and oxygen atoms in total. The van der Waals surface area contributed by atoms with E-state index in [1.807, 2.05) is 0 Å². The Kier molecular flexibility index (Phi) is 4.50. The largest absolute Gasteiger partial charge is 0.478 e. The quantitative estimate of drug-likeness (QED) is 0.828. The van der Waals surface area contributed by atoms with Gasteiger partial charge in [-0.3, -0.25) is 4.79 Å². The van der Waals surface area contributed by atoms with E-state index in [9.17, 15) is 9.59 Å². The average molecular weight is 268 g/mol. The van der Waals surface area contributed by atoms with Gasteiger partial charge in [-0.1, -0.05) is 17.7 Å². The summed E-state index contributed by atoms with van der Waals surface area (Å²) in [5, 5.41) is 12.0. The molecule has 0 aliphatic carbocycles. The minimum Gasteiger partial charge on any atom is -0.478 e. The predicted molar refractivity (Wildman–Crippen MR) is 70.8 cm³/mol. The van der Waals surface area contributed by atoms with Crippen LogP contribution in [0.15, 0.2) is 29.3 Å². The van der Waals surface area contributed by atoms with Crippen LogP contribution in [0.2, 0.25) is 5.02 Å². The van der Waals surface area contributed by atoms with Crippen LogP contribution < -0.4 is 5.32 Å². The van der Waals surface area contributed by atoms with Crippen LogP contribution in [0.5, 0.6) is 0 Å². The average Bonchev–Trinajstić information content (AvgIpc) is 2.32. The highest BCUT2D eigenvalue weighted by Crippen LogP contribution is 2.23. The van der Waals surface area contributed by atoms with E-state index in [-0.39, 0.29) is 11.1 Å². The summed E-state index contributed by atoms with van der Waals surface area (Å²) >= 11 is 5.93. The maximum absolute atomic E-state index is 11.8. The van der Waals surface area contributed by atoms with E-state index in [0.717, 1.165) is 5.56 Å². The van der Waals surface area contributed by atoms with E-state index < -0.39 is 11.9 Å². The lowest BCUT2D eigenvalue weighted by atomic mass is 10.1. The number of carboxylic acid groups (broad SMARTS) is 1. The highest BCUT2D eigenvalue weighted by molar-refractivity contribution is 6.31. The summed E-state index contributed by atoms with van der Waals surface area (Å²) in [6, 6.07) is 5.15. The number of hydrogen-bond acceptors (Lipinski definition) is 2. The topological polar surface area (TPSA) is 66.4 Å². The molecular formula is C13H14ClNO3. The molecule has 0 saturated heterocycles. The van der Waals surface area contributed by atoms with Gasteiger partial charge in [0.25, 0.3) is 5.91 Å². The number of carbonyl (C=O) groups is 2. The van der Waals surface area contributed by atoms with Gasteiger partial charge in [0.1, 0.15) is 0 Å². The summed E-state index contributed by atoms with van der Waals surface area (Å²) in [5.74, 6) is -1.55. The number of carbonyl (C=O) groups excluding carboxylic acids is 1. The Labute approximate surface area is 110 Å². The molecule has 0 aliphatic heterocycles. The van der Waals surface area contributed by atoms with Crippen molar-refractivity contribution in [2.75, 3.05) is 5.32 Å². The number of benzene rings is 1. The summed E-state index contributed by atoms with van der Waals surface area (Å²) < 4.78 is 0. The van der Waals surface area contributed by atoms with Crippen molar-refractivity contribution in [2.24, 2.45) is 0 Å². The molecule has 96 valence electrons. The van der Waals surface area contributed by atoms with Crippen LogP contribution in [-0.4, -0.2) is 17.0 Å². The molecule has 1 aromatic rings. The fourth-order valence-corrected chi connectivity index (χ4v) is 1.46. The van der Waals surface area contributed by atoms with E-state index >= 15 is 0 Å². The zero-order valence-electron chi connectivity index (χ0n) is 10.4. The van der Waals surface area contributed by atoms with Crippen LogP contribution in [0.1, 0.15) is 19.4 Å². The van der Waals surface area contributed by atoms with Gasteiger partial charge >= 0.3 is 5.97 Å². The number of anilines is 1. The molecule has 5 heteroatoms. The molecule has 1 aromatic carbocycles. The molecule has 0 heterocycles. The van der Waals surface area contributed by atoms with Crippen molar-refractivity contribution in [2.45, 2.75) is 20.8 Å². The summed E-state index contributed by atoms with van der Waals surface area (Å²) in [6.07, 6.45) is 0. The lowest BCUT2D eigenvalue weighted by Crippen LogP contribution is -2.16. The molecule has 1 amide bonds. The first-order chi connectivity index (χ1) is 8.34. The zero-order valence-corrected chi connectivity index (χ0v) is 11.1. The molecule has 18 heavy (non-hydrogen) atoms. The number of halogens is 1. The van der Waals surface area contributed by atoms with Crippen molar-refractivity contribution >= 4 is 29.2 Å². The van der Waals surface area contributed by atoms with Crippen LogP contribution >= 0.6 is 11.6 Å². The summed E-state index contributed by atoms with van der Waals surface area (Å²) in [4.78, 5) is 22.6. The third-order valence-corrected chi connectivity index (χ3v) is 3.15. The lowest BCUT2D eigenvalue weighted by molar-refractivity contribution is -0.133. The van der Waals surface area contributed by atoms with Gasteiger partial charge in [-0.2, -0.15) is 0 Å². The predicted octanol–water partition coefficient (Wildman–Crippen LogP) is 3.01. The summed E-state index contributed by atoms with van der Waals surface area (Å²) in [5.41, 5.74) is 1.51. The highest BCUT2D eigenvalue weighted by Gasteiger charge is 2.13. The standard InChI is InChI=1S/C13H14ClNO3/c1-7(8(2)13(17)18)12(16)15-11-6-4-5-10(14)9(11)3/h4-6H,1-3H3,(H,15,16)(H,17,18)/b8-7-. The van der Waals surface area contributed by atoms with Gasteiger partial charge in [-0.05, 0) is 38.5 Å². The van der Waals surface area contributed by atoms with E-state index in [1.165, 1.54) is 13.8 Å². The van der Waals surface area contributed by atoms with Crippen LogP contribution in [-0.2, 0) is 9.59 Å². The molecule has 0 aromatic heterocycles. The normalized spacial score (nSPS) is 11.8. The second kappa shape index (κ2) is 5.69. The Morgan fingerprint density at radius 2 is 1.83 bits per heavy atom. The molecule has 0 fully saturated rings. The summed E-state index contributed by atoms with van der Waals surface area (Å²) in [6.45, 7) is 4.64. The third-order valence-electron chi connectivity index (χ3n) is 2.74. The Morgan fingerprint density at radius 3 is 2.39 bits per heavy atom. The monoisotopic (exact) mass is 267 g/mol. The number of hydrogen-bond donors (Lipinski definition) is 2. The molecule has 2 N–H and O–H groups in total. The Balaban J connectivity index is 2.99. The number of carboxylic acids is 1. The number of aliphatic carboxylic acids is 1.